The molecule has 0 spiro atoms. The number of hydrogen-bond donors (Lipinski definition) is 1. The van der Waals surface area contributed by atoms with E-state index in [9.17, 15) is 0 Å². The van der Waals surface area contributed by atoms with Gasteiger partial charge in [-0.15, -0.1) is 11.6 Å². The Morgan fingerprint density at radius 2 is 2.18 bits per heavy atom. The second-order valence-electron chi connectivity index (χ2n) is 3.71. The summed E-state index contributed by atoms with van der Waals surface area (Å²) in [6, 6.07) is 0. The minimum Gasteiger partial charge on any atom is -0.319 e. The molecule has 0 heterocycles. The van der Waals surface area contributed by atoms with Crippen molar-refractivity contribution in [3.05, 3.63) is 0 Å². The van der Waals surface area contributed by atoms with Crippen LogP contribution in [0.5, 0.6) is 0 Å². The molecular formula is C9H18ClN. The van der Waals surface area contributed by atoms with E-state index < -0.39 is 0 Å². The molecule has 66 valence electrons. The van der Waals surface area contributed by atoms with Crippen LogP contribution < -0.4 is 5.32 Å². The van der Waals surface area contributed by atoms with E-state index in [1.165, 1.54) is 19.3 Å². The normalized spacial score (nSPS) is 39.0. The maximum absolute atomic E-state index is 6.06. The lowest BCUT2D eigenvalue weighted by molar-refractivity contribution is 0.256. The molecule has 0 aromatic heterocycles. The number of nitrogens with one attached hydrogen (secondary N) is 1. The summed E-state index contributed by atoms with van der Waals surface area (Å²) in [6.45, 7) is 3.47. The van der Waals surface area contributed by atoms with Crippen LogP contribution in [0.4, 0.5) is 0 Å². The minimum absolute atomic E-state index is 0.443. The van der Waals surface area contributed by atoms with Crippen molar-refractivity contribution in [1.29, 1.82) is 0 Å². The molecule has 0 amide bonds. The van der Waals surface area contributed by atoms with Crippen molar-refractivity contribution in [3.8, 4) is 0 Å². The van der Waals surface area contributed by atoms with Crippen LogP contribution in [0.25, 0.3) is 0 Å². The first-order chi connectivity index (χ1) is 5.24. The van der Waals surface area contributed by atoms with Crippen LogP contribution in [0.1, 0.15) is 26.2 Å². The van der Waals surface area contributed by atoms with Crippen molar-refractivity contribution in [1.82, 2.24) is 5.32 Å². The Morgan fingerprint density at radius 3 is 2.73 bits per heavy atom. The van der Waals surface area contributed by atoms with Gasteiger partial charge in [-0.3, -0.25) is 0 Å². The van der Waals surface area contributed by atoms with E-state index in [1.807, 2.05) is 7.05 Å². The number of rotatable bonds is 2. The number of alkyl halides is 1. The quantitative estimate of drug-likeness (QED) is 0.635. The van der Waals surface area contributed by atoms with Crippen LogP contribution in [0.3, 0.4) is 0 Å². The van der Waals surface area contributed by atoms with Crippen LogP contribution in [0.15, 0.2) is 0 Å². The lowest BCUT2D eigenvalue weighted by Crippen LogP contribution is -2.30. The zero-order chi connectivity index (χ0) is 8.27. The third kappa shape index (κ3) is 2.64. The van der Waals surface area contributed by atoms with Gasteiger partial charge >= 0.3 is 0 Å². The van der Waals surface area contributed by atoms with Gasteiger partial charge in [-0.25, -0.2) is 0 Å². The molecule has 1 saturated carbocycles. The predicted octanol–water partition coefficient (Wildman–Crippen LogP) is 2.25. The molecule has 3 atom stereocenters. The summed E-state index contributed by atoms with van der Waals surface area (Å²) in [5.41, 5.74) is 0. The van der Waals surface area contributed by atoms with Gasteiger partial charge in [-0.05, 0) is 44.7 Å². The van der Waals surface area contributed by atoms with E-state index in [4.69, 9.17) is 11.6 Å². The van der Waals surface area contributed by atoms with E-state index in [-0.39, 0.29) is 0 Å². The van der Waals surface area contributed by atoms with Gasteiger partial charge in [0, 0.05) is 5.38 Å². The largest absolute Gasteiger partial charge is 0.319 e. The van der Waals surface area contributed by atoms with Crippen molar-refractivity contribution < 1.29 is 0 Å². The van der Waals surface area contributed by atoms with Gasteiger partial charge in [0.2, 0.25) is 0 Å². The molecule has 0 aliphatic heterocycles. The third-order valence-electron chi connectivity index (χ3n) is 2.75. The fourth-order valence-corrected chi connectivity index (χ4v) is 2.37. The van der Waals surface area contributed by atoms with Gasteiger partial charge in [-0.1, -0.05) is 6.92 Å². The topological polar surface area (TPSA) is 12.0 Å². The Morgan fingerprint density at radius 1 is 1.45 bits per heavy atom. The molecular weight excluding hydrogens is 158 g/mol. The summed E-state index contributed by atoms with van der Waals surface area (Å²) in [6.07, 6.45) is 3.71. The van der Waals surface area contributed by atoms with Crippen molar-refractivity contribution in [2.45, 2.75) is 31.6 Å². The van der Waals surface area contributed by atoms with Gasteiger partial charge in [0.1, 0.15) is 0 Å². The molecule has 2 heteroatoms. The molecule has 1 aliphatic carbocycles. The first-order valence-electron chi connectivity index (χ1n) is 4.52. The first kappa shape index (κ1) is 9.34. The van der Waals surface area contributed by atoms with Crippen molar-refractivity contribution >= 4 is 11.6 Å². The van der Waals surface area contributed by atoms with E-state index >= 15 is 0 Å². The number of halogens is 1. The van der Waals surface area contributed by atoms with E-state index in [1.54, 1.807) is 0 Å². The minimum atomic E-state index is 0.443. The second kappa shape index (κ2) is 4.32. The van der Waals surface area contributed by atoms with Gasteiger partial charge in [0.15, 0.2) is 0 Å². The van der Waals surface area contributed by atoms with Crippen LogP contribution in [-0.2, 0) is 0 Å². The number of hydrogen-bond acceptors (Lipinski definition) is 1. The molecule has 1 nitrogen and oxygen atoms in total. The predicted molar refractivity (Wildman–Crippen MR) is 50.1 cm³/mol. The lowest BCUT2D eigenvalue weighted by Gasteiger charge is -2.31. The lowest BCUT2D eigenvalue weighted by atomic mass is 9.80. The van der Waals surface area contributed by atoms with E-state index in [2.05, 4.69) is 12.2 Å². The molecule has 11 heavy (non-hydrogen) atoms. The summed E-state index contributed by atoms with van der Waals surface area (Å²) < 4.78 is 0. The molecule has 1 aliphatic rings. The Bertz CT molecular complexity index is 116. The zero-order valence-corrected chi connectivity index (χ0v) is 8.19. The van der Waals surface area contributed by atoms with Crippen LogP contribution in [-0.4, -0.2) is 19.0 Å². The van der Waals surface area contributed by atoms with Gasteiger partial charge in [-0.2, -0.15) is 0 Å². The van der Waals surface area contributed by atoms with Gasteiger partial charge in [0.05, 0.1) is 0 Å². The highest BCUT2D eigenvalue weighted by molar-refractivity contribution is 6.20. The van der Waals surface area contributed by atoms with Crippen molar-refractivity contribution in [2.24, 2.45) is 11.8 Å². The Hall–Kier alpha value is 0.250. The van der Waals surface area contributed by atoms with Gasteiger partial charge < -0.3 is 5.32 Å². The highest BCUT2D eigenvalue weighted by Gasteiger charge is 2.25. The Balaban J connectivity index is 2.31. The molecule has 1 rings (SSSR count). The zero-order valence-electron chi connectivity index (χ0n) is 7.44. The fourth-order valence-electron chi connectivity index (χ4n) is 1.96. The SMILES string of the molecule is CNCC1CCC(Cl)C[C@@H]1C. The maximum Gasteiger partial charge on any atom is 0.0338 e. The third-order valence-corrected chi connectivity index (χ3v) is 3.15. The Labute approximate surface area is 74.5 Å². The highest BCUT2D eigenvalue weighted by Crippen LogP contribution is 2.31. The van der Waals surface area contributed by atoms with Crippen LogP contribution >= 0.6 is 11.6 Å². The Kier molecular flexibility index (Phi) is 3.67. The molecule has 0 aromatic rings. The van der Waals surface area contributed by atoms with Gasteiger partial charge in [0.25, 0.3) is 0 Å². The smallest absolute Gasteiger partial charge is 0.0338 e. The summed E-state index contributed by atoms with van der Waals surface area (Å²) in [5, 5.41) is 3.68. The van der Waals surface area contributed by atoms with E-state index in [0.29, 0.717) is 5.38 Å². The summed E-state index contributed by atoms with van der Waals surface area (Å²) in [4.78, 5) is 0. The molecule has 1 fully saturated rings. The molecule has 1 N–H and O–H groups in total. The van der Waals surface area contributed by atoms with Crippen molar-refractivity contribution in [3.63, 3.8) is 0 Å². The first-order valence-corrected chi connectivity index (χ1v) is 4.96. The van der Waals surface area contributed by atoms with E-state index in [0.717, 1.165) is 18.4 Å². The molecule has 0 saturated heterocycles. The second-order valence-corrected chi connectivity index (χ2v) is 4.32. The average molecular weight is 176 g/mol. The summed E-state index contributed by atoms with van der Waals surface area (Å²) >= 11 is 6.06. The maximum atomic E-state index is 6.06. The van der Waals surface area contributed by atoms with Crippen molar-refractivity contribution in [2.75, 3.05) is 13.6 Å². The standard InChI is InChI=1S/C9H18ClN/c1-7-5-9(10)4-3-8(7)6-11-2/h7-9,11H,3-6H2,1-2H3/t7-,8?,9?/m0/s1. The van der Waals surface area contributed by atoms with Crippen LogP contribution in [0, 0.1) is 11.8 Å². The van der Waals surface area contributed by atoms with Crippen LogP contribution in [0.2, 0.25) is 0 Å². The molecule has 2 unspecified atom stereocenters. The monoisotopic (exact) mass is 175 g/mol. The summed E-state index contributed by atoms with van der Waals surface area (Å²) in [5.74, 6) is 1.66. The molecule has 0 radical (unpaired) electrons. The highest BCUT2D eigenvalue weighted by atomic mass is 35.5. The molecule has 0 bridgehead atoms. The summed E-state index contributed by atoms with van der Waals surface area (Å²) in [7, 11) is 2.03. The molecule has 0 aromatic carbocycles. The fraction of sp³-hybridized carbons (Fsp3) is 1.00. The average Bonchev–Trinajstić information content (AvgIpc) is 1.95.